The molecule has 154 valence electrons. The first-order chi connectivity index (χ1) is 14.6. The number of hydrogen-bond donors (Lipinski definition) is 0. The van der Waals surface area contributed by atoms with Crippen molar-refractivity contribution in [2.24, 2.45) is 0 Å². The zero-order valence-corrected chi connectivity index (χ0v) is 17.5. The Morgan fingerprint density at radius 1 is 1.23 bits per heavy atom. The molecule has 6 heteroatoms. The maximum Gasteiger partial charge on any atom is 0.254 e. The maximum atomic E-state index is 13.5. The minimum absolute atomic E-state index is 0.0565. The Bertz CT molecular complexity index is 1050. The Morgan fingerprint density at radius 2 is 2.10 bits per heavy atom. The van der Waals surface area contributed by atoms with Crippen LogP contribution in [0.2, 0.25) is 0 Å². The molecule has 0 radical (unpaired) electrons. The van der Waals surface area contributed by atoms with E-state index in [2.05, 4.69) is 4.98 Å². The molecule has 1 aromatic carbocycles. The lowest BCUT2D eigenvalue weighted by molar-refractivity contribution is -0.129. The number of likely N-dealkylation sites (tertiary alicyclic amines) is 1. The number of amides is 1. The van der Waals surface area contributed by atoms with E-state index in [4.69, 9.17) is 9.72 Å². The van der Waals surface area contributed by atoms with Gasteiger partial charge < -0.3 is 14.5 Å². The van der Waals surface area contributed by atoms with Crippen LogP contribution in [-0.4, -0.2) is 48.0 Å². The van der Waals surface area contributed by atoms with E-state index < -0.39 is 0 Å². The molecule has 5 rings (SSSR count). The molecule has 3 aliphatic rings. The topological polar surface area (TPSA) is 58.6 Å². The van der Waals surface area contributed by atoms with E-state index >= 15 is 0 Å². The van der Waals surface area contributed by atoms with Gasteiger partial charge in [-0.1, -0.05) is 18.2 Å². The number of rotatable bonds is 2. The van der Waals surface area contributed by atoms with Crippen LogP contribution in [0.3, 0.4) is 0 Å². The van der Waals surface area contributed by atoms with Crippen LogP contribution in [0.1, 0.15) is 36.1 Å². The largest absolute Gasteiger partial charge is 0.464 e. The number of nitrogens with zero attached hydrogens (tertiary/aromatic N) is 4. The van der Waals surface area contributed by atoms with E-state index in [1.165, 1.54) is 5.56 Å². The second-order valence-corrected chi connectivity index (χ2v) is 8.61. The van der Waals surface area contributed by atoms with Crippen molar-refractivity contribution in [1.82, 2.24) is 14.9 Å². The van der Waals surface area contributed by atoms with E-state index in [1.54, 1.807) is 12.3 Å². The van der Waals surface area contributed by atoms with Crippen molar-refractivity contribution in [3.8, 4) is 5.75 Å². The quantitative estimate of drug-likeness (QED) is 0.771. The number of fused-ring (bicyclic) bond motifs is 3. The summed E-state index contributed by atoms with van der Waals surface area (Å²) < 4.78 is 5.67. The number of aromatic nitrogens is 2. The number of aryl methyl sites for hydroxylation is 1. The number of benzene rings is 1. The van der Waals surface area contributed by atoms with Gasteiger partial charge in [0, 0.05) is 49.9 Å². The van der Waals surface area contributed by atoms with Crippen LogP contribution in [0.15, 0.2) is 48.4 Å². The van der Waals surface area contributed by atoms with Crippen LogP contribution in [-0.2, 0) is 16.6 Å². The highest BCUT2D eigenvalue weighted by Gasteiger charge is 2.45. The SMILES string of the molecule is CN(C)c1ncc2c(n1)C1(CCCN(C(=O)C3=Cc4ccccc4OC=C3)C1)CC2. The summed E-state index contributed by atoms with van der Waals surface area (Å²) in [5.41, 5.74) is 3.88. The lowest BCUT2D eigenvalue weighted by atomic mass is 9.77. The molecule has 1 fully saturated rings. The lowest BCUT2D eigenvalue weighted by Crippen LogP contribution is -2.48. The highest BCUT2D eigenvalue weighted by atomic mass is 16.5. The lowest BCUT2D eigenvalue weighted by Gasteiger charge is -2.40. The van der Waals surface area contributed by atoms with Gasteiger partial charge in [0.25, 0.3) is 5.91 Å². The first kappa shape index (κ1) is 18.9. The molecule has 1 aromatic heterocycles. The molecular weight excluding hydrogens is 376 g/mol. The van der Waals surface area contributed by atoms with Gasteiger partial charge in [0.1, 0.15) is 5.75 Å². The van der Waals surface area contributed by atoms with Crippen molar-refractivity contribution in [1.29, 1.82) is 0 Å². The molecule has 1 aliphatic carbocycles. The Kier molecular flexibility index (Phi) is 4.57. The molecule has 2 aliphatic heterocycles. The summed E-state index contributed by atoms with van der Waals surface area (Å²) in [7, 11) is 3.93. The summed E-state index contributed by atoms with van der Waals surface area (Å²) >= 11 is 0. The van der Waals surface area contributed by atoms with Crippen LogP contribution >= 0.6 is 0 Å². The third kappa shape index (κ3) is 3.16. The van der Waals surface area contributed by atoms with Crippen LogP contribution in [0, 0.1) is 0 Å². The van der Waals surface area contributed by atoms with E-state index in [0.29, 0.717) is 12.1 Å². The van der Waals surface area contributed by atoms with Crippen LogP contribution in [0.5, 0.6) is 5.75 Å². The Labute approximate surface area is 176 Å². The molecule has 0 N–H and O–H groups in total. The monoisotopic (exact) mass is 402 g/mol. The first-order valence-electron chi connectivity index (χ1n) is 10.5. The summed E-state index contributed by atoms with van der Waals surface area (Å²) in [4.78, 5) is 26.8. The number of carbonyl (C=O) groups is 1. The second-order valence-electron chi connectivity index (χ2n) is 8.61. The van der Waals surface area contributed by atoms with Crippen molar-refractivity contribution >= 4 is 17.9 Å². The van der Waals surface area contributed by atoms with Crippen molar-refractivity contribution in [2.75, 3.05) is 32.1 Å². The summed E-state index contributed by atoms with van der Waals surface area (Å²) in [6.45, 7) is 1.48. The number of carbonyl (C=O) groups excluding carboxylic acids is 1. The second kappa shape index (κ2) is 7.27. The van der Waals surface area contributed by atoms with Gasteiger partial charge in [0.05, 0.1) is 12.0 Å². The zero-order chi connectivity index (χ0) is 20.7. The molecule has 0 bridgehead atoms. The summed E-state index contributed by atoms with van der Waals surface area (Å²) in [6.07, 6.45) is 11.3. The van der Waals surface area contributed by atoms with Gasteiger partial charge in [-0.15, -0.1) is 0 Å². The van der Waals surface area contributed by atoms with E-state index in [-0.39, 0.29) is 11.3 Å². The van der Waals surface area contributed by atoms with Gasteiger partial charge >= 0.3 is 0 Å². The third-order valence-corrected chi connectivity index (χ3v) is 6.41. The Balaban J connectivity index is 1.44. The standard InChI is InChI=1S/C24H26N4O2/c1-27(2)23-25-15-19-8-11-24(21(19)26-23)10-5-12-28(16-24)22(29)18-9-13-30-20-7-4-3-6-17(20)14-18/h3-4,6-7,9,13-15H,5,8,10-12,16H2,1-2H3. The fourth-order valence-electron chi connectivity index (χ4n) is 4.87. The fraction of sp³-hybridized carbons (Fsp3) is 0.375. The van der Waals surface area contributed by atoms with E-state index in [9.17, 15) is 4.79 Å². The highest BCUT2D eigenvalue weighted by Crippen LogP contribution is 2.44. The minimum atomic E-state index is -0.0691. The average Bonchev–Trinajstić information content (AvgIpc) is 2.96. The molecule has 2 aromatic rings. The molecule has 1 unspecified atom stereocenters. The molecular formula is C24H26N4O2. The van der Waals surface area contributed by atoms with Crippen LogP contribution in [0.25, 0.3) is 6.08 Å². The molecule has 0 saturated carbocycles. The molecule has 1 spiro atoms. The van der Waals surface area contributed by atoms with Crippen molar-refractivity contribution in [2.45, 2.75) is 31.1 Å². The van der Waals surface area contributed by atoms with Gasteiger partial charge in [-0.2, -0.15) is 0 Å². The van der Waals surface area contributed by atoms with E-state index in [0.717, 1.165) is 55.2 Å². The summed E-state index contributed by atoms with van der Waals surface area (Å²) in [5.74, 6) is 1.56. The minimum Gasteiger partial charge on any atom is -0.464 e. The molecule has 3 heterocycles. The van der Waals surface area contributed by atoms with Gasteiger partial charge in [0.15, 0.2) is 0 Å². The number of piperidine rings is 1. The molecule has 6 nitrogen and oxygen atoms in total. The molecule has 1 atom stereocenters. The zero-order valence-electron chi connectivity index (χ0n) is 17.5. The van der Waals surface area contributed by atoms with Gasteiger partial charge in [0.2, 0.25) is 5.95 Å². The predicted molar refractivity (Wildman–Crippen MR) is 116 cm³/mol. The van der Waals surface area contributed by atoms with Crippen LogP contribution in [0.4, 0.5) is 5.95 Å². The number of hydrogen-bond acceptors (Lipinski definition) is 5. The van der Waals surface area contributed by atoms with Gasteiger partial charge in [-0.25, -0.2) is 9.97 Å². The van der Waals surface area contributed by atoms with Crippen molar-refractivity contribution < 1.29 is 9.53 Å². The number of para-hydroxylation sites is 1. The normalized spacial score (nSPS) is 22.1. The average molecular weight is 402 g/mol. The fourth-order valence-corrected chi connectivity index (χ4v) is 4.87. The van der Waals surface area contributed by atoms with Crippen molar-refractivity contribution in [3.63, 3.8) is 0 Å². The molecule has 1 amide bonds. The predicted octanol–water partition coefficient (Wildman–Crippen LogP) is 3.34. The summed E-state index contributed by atoms with van der Waals surface area (Å²) in [6, 6.07) is 7.78. The maximum absolute atomic E-state index is 13.5. The molecule has 1 saturated heterocycles. The Morgan fingerprint density at radius 3 is 2.97 bits per heavy atom. The van der Waals surface area contributed by atoms with Gasteiger partial charge in [-0.05, 0) is 49.5 Å². The van der Waals surface area contributed by atoms with Crippen LogP contribution < -0.4 is 9.64 Å². The van der Waals surface area contributed by atoms with Crippen molar-refractivity contribution in [3.05, 3.63) is 65.2 Å². The first-order valence-corrected chi connectivity index (χ1v) is 10.5. The highest BCUT2D eigenvalue weighted by molar-refractivity contribution is 6.01. The third-order valence-electron chi connectivity index (χ3n) is 6.41. The Hall–Kier alpha value is -3.15. The number of anilines is 1. The smallest absolute Gasteiger partial charge is 0.254 e. The van der Waals surface area contributed by atoms with E-state index in [1.807, 2.05) is 60.4 Å². The number of ether oxygens (including phenoxy) is 1. The molecule has 30 heavy (non-hydrogen) atoms. The summed E-state index contributed by atoms with van der Waals surface area (Å²) in [5, 5.41) is 0. The van der Waals surface area contributed by atoms with Gasteiger partial charge in [-0.3, -0.25) is 4.79 Å².